The van der Waals surface area contributed by atoms with E-state index in [0.717, 1.165) is 11.3 Å². The monoisotopic (exact) mass is 351 g/mol. The van der Waals surface area contributed by atoms with Crippen LogP contribution in [0, 0.1) is 0 Å². The second-order valence-electron chi connectivity index (χ2n) is 5.58. The van der Waals surface area contributed by atoms with Crippen LogP contribution in [0.25, 0.3) is 0 Å². The van der Waals surface area contributed by atoms with Gasteiger partial charge in [-0.15, -0.1) is 5.10 Å². The van der Waals surface area contributed by atoms with Crippen LogP contribution in [0.4, 0.5) is 17.5 Å². The van der Waals surface area contributed by atoms with Gasteiger partial charge in [0, 0.05) is 19.3 Å². The second-order valence-corrected chi connectivity index (χ2v) is 5.58. The predicted octanol–water partition coefficient (Wildman–Crippen LogP) is 3.27. The van der Waals surface area contributed by atoms with Crippen molar-refractivity contribution >= 4 is 17.5 Å². The molecule has 1 aromatic heterocycles. The first-order chi connectivity index (χ1) is 12.7. The molecule has 0 aliphatic heterocycles. The molecule has 0 fully saturated rings. The summed E-state index contributed by atoms with van der Waals surface area (Å²) in [5, 5.41) is 11.3. The summed E-state index contributed by atoms with van der Waals surface area (Å²) in [6.07, 6.45) is 1.63. The molecule has 0 spiro atoms. The zero-order valence-electron chi connectivity index (χ0n) is 15.0. The van der Waals surface area contributed by atoms with Crippen LogP contribution in [0.5, 0.6) is 11.5 Å². The average Bonchev–Trinajstić information content (AvgIpc) is 2.72. The summed E-state index contributed by atoms with van der Waals surface area (Å²) in [5.74, 6) is 2.55. The molecule has 1 N–H and O–H groups in total. The van der Waals surface area contributed by atoms with Crippen molar-refractivity contribution in [2.75, 3.05) is 31.5 Å². The van der Waals surface area contributed by atoms with Gasteiger partial charge >= 0.3 is 0 Å². The van der Waals surface area contributed by atoms with Crippen molar-refractivity contribution in [2.24, 2.45) is 0 Å². The molecular formula is C19H21N5O2. The van der Waals surface area contributed by atoms with Crippen LogP contribution in [-0.2, 0) is 6.54 Å². The summed E-state index contributed by atoms with van der Waals surface area (Å²) in [6.45, 7) is 0.542. The third kappa shape index (κ3) is 4.00. The smallest absolute Gasteiger partial charge is 0.244 e. The number of ether oxygens (including phenoxy) is 2. The fraction of sp³-hybridized carbons (Fsp3) is 0.211. The van der Waals surface area contributed by atoms with Crippen LogP contribution < -0.4 is 19.7 Å². The molecule has 0 radical (unpaired) electrons. The third-order valence-electron chi connectivity index (χ3n) is 3.93. The van der Waals surface area contributed by atoms with Gasteiger partial charge in [0.15, 0.2) is 17.3 Å². The lowest BCUT2D eigenvalue weighted by atomic mass is 10.2. The van der Waals surface area contributed by atoms with E-state index < -0.39 is 0 Å². The zero-order chi connectivity index (χ0) is 18.4. The maximum atomic E-state index is 5.33. The Balaban J connectivity index is 1.71. The van der Waals surface area contributed by atoms with E-state index in [1.165, 1.54) is 0 Å². The quantitative estimate of drug-likeness (QED) is 0.700. The second kappa shape index (κ2) is 8.15. The predicted molar refractivity (Wildman–Crippen MR) is 101 cm³/mol. The summed E-state index contributed by atoms with van der Waals surface area (Å²) in [6, 6.07) is 15.7. The Morgan fingerprint density at radius 1 is 1.00 bits per heavy atom. The van der Waals surface area contributed by atoms with E-state index in [0.29, 0.717) is 29.8 Å². The molecule has 134 valence electrons. The normalized spacial score (nSPS) is 10.3. The van der Waals surface area contributed by atoms with E-state index in [-0.39, 0.29) is 0 Å². The number of rotatable bonds is 7. The van der Waals surface area contributed by atoms with Crippen molar-refractivity contribution in [3.05, 3.63) is 60.3 Å². The molecule has 0 atom stereocenters. The molecule has 0 saturated carbocycles. The number of nitrogens with zero attached hydrogens (tertiary/aromatic N) is 4. The largest absolute Gasteiger partial charge is 0.493 e. The number of aromatic nitrogens is 3. The van der Waals surface area contributed by atoms with E-state index in [1.54, 1.807) is 20.4 Å². The van der Waals surface area contributed by atoms with Gasteiger partial charge in [0.2, 0.25) is 5.95 Å². The van der Waals surface area contributed by atoms with E-state index in [4.69, 9.17) is 9.47 Å². The van der Waals surface area contributed by atoms with Gasteiger partial charge < -0.3 is 19.7 Å². The van der Waals surface area contributed by atoms with Crippen LogP contribution in [-0.4, -0.2) is 36.4 Å². The molecule has 3 aromatic rings. The number of nitrogens with one attached hydrogen (secondary N) is 1. The third-order valence-corrected chi connectivity index (χ3v) is 3.93. The van der Waals surface area contributed by atoms with Crippen molar-refractivity contribution in [1.82, 2.24) is 15.2 Å². The maximum Gasteiger partial charge on any atom is 0.244 e. The molecule has 26 heavy (non-hydrogen) atoms. The SMILES string of the molecule is COc1ccc(CNc2nncc(N(C)c3ccccc3)n2)cc1OC. The van der Waals surface area contributed by atoms with E-state index >= 15 is 0 Å². The highest BCUT2D eigenvalue weighted by Gasteiger charge is 2.08. The Hall–Kier alpha value is -3.35. The fourth-order valence-corrected chi connectivity index (χ4v) is 2.49. The van der Waals surface area contributed by atoms with Gasteiger partial charge in [-0.1, -0.05) is 24.3 Å². The Bertz CT molecular complexity index is 858. The van der Waals surface area contributed by atoms with Gasteiger partial charge in [-0.2, -0.15) is 10.1 Å². The highest BCUT2D eigenvalue weighted by atomic mass is 16.5. The summed E-state index contributed by atoms with van der Waals surface area (Å²) in [4.78, 5) is 6.48. The number of para-hydroxylation sites is 1. The van der Waals surface area contributed by atoms with Crippen molar-refractivity contribution < 1.29 is 9.47 Å². The number of benzene rings is 2. The highest BCUT2D eigenvalue weighted by molar-refractivity contribution is 5.58. The average molecular weight is 351 g/mol. The minimum Gasteiger partial charge on any atom is -0.493 e. The lowest BCUT2D eigenvalue weighted by Gasteiger charge is -2.18. The Morgan fingerprint density at radius 3 is 2.50 bits per heavy atom. The minimum atomic E-state index is 0.458. The molecule has 3 rings (SSSR count). The van der Waals surface area contributed by atoms with Gasteiger partial charge in [0.05, 0.1) is 20.4 Å². The summed E-state index contributed by atoms with van der Waals surface area (Å²) in [5.41, 5.74) is 2.05. The summed E-state index contributed by atoms with van der Waals surface area (Å²) >= 11 is 0. The minimum absolute atomic E-state index is 0.458. The number of anilines is 3. The molecule has 0 aliphatic rings. The van der Waals surface area contributed by atoms with E-state index in [9.17, 15) is 0 Å². The Labute approximate surface area is 152 Å². The molecule has 0 saturated heterocycles. The number of hydrogen-bond acceptors (Lipinski definition) is 7. The van der Waals surface area contributed by atoms with Gasteiger partial charge in [0.25, 0.3) is 0 Å². The maximum absolute atomic E-state index is 5.33. The zero-order valence-corrected chi connectivity index (χ0v) is 15.0. The van der Waals surface area contributed by atoms with Crippen LogP contribution in [0.15, 0.2) is 54.7 Å². The molecule has 1 heterocycles. The molecule has 0 bridgehead atoms. The van der Waals surface area contributed by atoms with Crippen molar-refractivity contribution in [1.29, 1.82) is 0 Å². The molecular weight excluding hydrogens is 330 g/mol. The first-order valence-electron chi connectivity index (χ1n) is 8.14. The standard InChI is InChI=1S/C19H21N5O2/c1-24(15-7-5-4-6-8-15)18-13-21-23-19(22-18)20-12-14-9-10-16(25-2)17(11-14)26-3/h4-11,13H,12H2,1-3H3,(H,20,22,23). The molecule has 2 aromatic carbocycles. The van der Waals surface area contributed by atoms with Crippen LogP contribution in [0.2, 0.25) is 0 Å². The van der Waals surface area contributed by atoms with Gasteiger partial charge in [0.1, 0.15) is 0 Å². The van der Waals surface area contributed by atoms with E-state index in [1.807, 2.05) is 60.5 Å². The topological polar surface area (TPSA) is 72.4 Å². The molecule has 0 aliphatic carbocycles. The number of methoxy groups -OCH3 is 2. The highest BCUT2D eigenvalue weighted by Crippen LogP contribution is 2.27. The summed E-state index contributed by atoms with van der Waals surface area (Å²) in [7, 11) is 5.17. The molecule has 0 unspecified atom stereocenters. The van der Waals surface area contributed by atoms with Gasteiger partial charge in [-0.05, 0) is 29.8 Å². The van der Waals surface area contributed by atoms with Crippen LogP contribution in [0.3, 0.4) is 0 Å². The molecule has 7 nitrogen and oxygen atoms in total. The molecule has 7 heteroatoms. The lowest BCUT2D eigenvalue weighted by molar-refractivity contribution is 0.354. The Morgan fingerprint density at radius 2 is 1.77 bits per heavy atom. The van der Waals surface area contributed by atoms with Gasteiger partial charge in [-0.3, -0.25) is 0 Å². The van der Waals surface area contributed by atoms with Crippen molar-refractivity contribution in [2.45, 2.75) is 6.54 Å². The fourth-order valence-electron chi connectivity index (χ4n) is 2.49. The van der Waals surface area contributed by atoms with Crippen molar-refractivity contribution in [3.8, 4) is 11.5 Å². The first-order valence-corrected chi connectivity index (χ1v) is 8.14. The van der Waals surface area contributed by atoms with Crippen molar-refractivity contribution in [3.63, 3.8) is 0 Å². The first kappa shape index (κ1) is 17.5. The van der Waals surface area contributed by atoms with Crippen LogP contribution >= 0.6 is 0 Å². The molecule has 0 amide bonds. The number of hydrogen-bond donors (Lipinski definition) is 1. The van der Waals surface area contributed by atoms with Crippen LogP contribution in [0.1, 0.15) is 5.56 Å². The van der Waals surface area contributed by atoms with Gasteiger partial charge in [-0.25, -0.2) is 0 Å². The Kier molecular flexibility index (Phi) is 5.48. The summed E-state index contributed by atoms with van der Waals surface area (Å²) < 4.78 is 10.6. The lowest BCUT2D eigenvalue weighted by Crippen LogP contribution is -2.14. The van der Waals surface area contributed by atoms with E-state index in [2.05, 4.69) is 20.5 Å².